The van der Waals surface area contributed by atoms with Gasteiger partial charge in [0.1, 0.15) is 0 Å². The third-order valence-electron chi connectivity index (χ3n) is 3.97. The van der Waals surface area contributed by atoms with Crippen LogP contribution < -0.4 is 5.32 Å². The summed E-state index contributed by atoms with van der Waals surface area (Å²) in [4.78, 5) is 10.6. The molecule has 0 aliphatic heterocycles. The highest BCUT2D eigenvalue weighted by molar-refractivity contribution is 5.69. The molecular weight excluding hydrogens is 238 g/mol. The molecule has 1 aliphatic rings. The molecule has 0 unspecified atom stereocenters. The zero-order chi connectivity index (χ0) is 13.9. The van der Waals surface area contributed by atoms with E-state index in [0.29, 0.717) is 6.54 Å². The standard InChI is InChI=1S/C16H23NO2/c1-16(2,11-17-10-15(18)19)14-8-7-12-5-3-4-6-13(12)9-14/h7-9,17H,3-6,10-11H2,1-2H3,(H,18,19). The quantitative estimate of drug-likeness (QED) is 0.856. The number of aliphatic carboxylic acids is 1. The maximum atomic E-state index is 10.6. The van der Waals surface area contributed by atoms with Gasteiger partial charge in [0.25, 0.3) is 0 Å². The van der Waals surface area contributed by atoms with Gasteiger partial charge in [-0.25, -0.2) is 0 Å². The Morgan fingerprint density at radius 1 is 1.26 bits per heavy atom. The van der Waals surface area contributed by atoms with Gasteiger partial charge in [-0.15, -0.1) is 0 Å². The number of carboxylic acid groups (broad SMARTS) is 1. The van der Waals surface area contributed by atoms with Crippen LogP contribution in [0.1, 0.15) is 43.4 Å². The molecule has 19 heavy (non-hydrogen) atoms. The molecule has 0 spiro atoms. The summed E-state index contributed by atoms with van der Waals surface area (Å²) in [5.41, 5.74) is 4.23. The lowest BCUT2D eigenvalue weighted by atomic mass is 9.81. The van der Waals surface area contributed by atoms with Crippen LogP contribution in [0.4, 0.5) is 0 Å². The Labute approximate surface area is 115 Å². The van der Waals surface area contributed by atoms with Gasteiger partial charge in [0, 0.05) is 12.0 Å². The molecule has 2 rings (SSSR count). The zero-order valence-electron chi connectivity index (χ0n) is 11.8. The summed E-state index contributed by atoms with van der Waals surface area (Å²) in [6, 6.07) is 6.77. The topological polar surface area (TPSA) is 49.3 Å². The van der Waals surface area contributed by atoms with Crippen LogP contribution in [0.15, 0.2) is 18.2 Å². The Morgan fingerprint density at radius 2 is 1.95 bits per heavy atom. The van der Waals surface area contributed by atoms with Crippen LogP contribution in [-0.4, -0.2) is 24.2 Å². The second kappa shape index (κ2) is 5.74. The van der Waals surface area contributed by atoms with Gasteiger partial charge in [-0.05, 0) is 42.4 Å². The van der Waals surface area contributed by atoms with Crippen molar-refractivity contribution in [2.75, 3.05) is 13.1 Å². The number of rotatable bonds is 5. The Bertz CT molecular complexity index is 466. The molecule has 0 bridgehead atoms. The van der Waals surface area contributed by atoms with Crippen molar-refractivity contribution in [2.24, 2.45) is 0 Å². The SMILES string of the molecule is CC(C)(CNCC(=O)O)c1ccc2c(c1)CCCC2. The normalized spacial score (nSPS) is 15.1. The number of aryl methyl sites for hydroxylation is 2. The zero-order valence-corrected chi connectivity index (χ0v) is 11.8. The smallest absolute Gasteiger partial charge is 0.317 e. The van der Waals surface area contributed by atoms with Crippen LogP contribution >= 0.6 is 0 Å². The van der Waals surface area contributed by atoms with E-state index in [1.165, 1.54) is 42.4 Å². The minimum atomic E-state index is -0.804. The van der Waals surface area contributed by atoms with Gasteiger partial charge in [0.2, 0.25) is 0 Å². The first-order valence-electron chi connectivity index (χ1n) is 7.04. The summed E-state index contributed by atoms with van der Waals surface area (Å²) in [7, 11) is 0. The van der Waals surface area contributed by atoms with Crippen LogP contribution in [0.2, 0.25) is 0 Å². The number of benzene rings is 1. The molecule has 0 fully saturated rings. The third kappa shape index (κ3) is 3.57. The predicted octanol–water partition coefficient (Wildman–Crippen LogP) is 2.52. The van der Waals surface area contributed by atoms with E-state index in [0.717, 1.165) is 0 Å². The summed E-state index contributed by atoms with van der Waals surface area (Å²) >= 11 is 0. The van der Waals surface area contributed by atoms with E-state index in [2.05, 4.69) is 37.4 Å². The molecule has 1 aromatic rings. The first-order valence-corrected chi connectivity index (χ1v) is 7.04. The van der Waals surface area contributed by atoms with Gasteiger partial charge in [0.05, 0.1) is 6.54 Å². The van der Waals surface area contributed by atoms with E-state index in [1.54, 1.807) is 0 Å². The van der Waals surface area contributed by atoms with Crippen LogP contribution in [0.3, 0.4) is 0 Å². The van der Waals surface area contributed by atoms with E-state index >= 15 is 0 Å². The van der Waals surface area contributed by atoms with Crippen molar-refractivity contribution in [2.45, 2.75) is 44.9 Å². The van der Waals surface area contributed by atoms with Crippen molar-refractivity contribution in [1.82, 2.24) is 5.32 Å². The van der Waals surface area contributed by atoms with Crippen molar-refractivity contribution in [3.8, 4) is 0 Å². The Kier molecular flexibility index (Phi) is 4.25. The van der Waals surface area contributed by atoms with Crippen molar-refractivity contribution < 1.29 is 9.90 Å². The Balaban J connectivity index is 2.09. The predicted molar refractivity (Wildman–Crippen MR) is 76.6 cm³/mol. The van der Waals surface area contributed by atoms with E-state index in [-0.39, 0.29) is 12.0 Å². The molecule has 0 heterocycles. The van der Waals surface area contributed by atoms with Crippen molar-refractivity contribution in [3.05, 3.63) is 34.9 Å². The average Bonchev–Trinajstić information content (AvgIpc) is 2.37. The summed E-state index contributed by atoms with van der Waals surface area (Å²) in [6.07, 6.45) is 4.97. The van der Waals surface area contributed by atoms with E-state index in [4.69, 9.17) is 5.11 Å². The highest BCUT2D eigenvalue weighted by Crippen LogP contribution is 2.28. The largest absolute Gasteiger partial charge is 0.480 e. The van der Waals surface area contributed by atoms with Gasteiger partial charge in [-0.2, -0.15) is 0 Å². The maximum absolute atomic E-state index is 10.6. The molecule has 0 saturated heterocycles. The van der Waals surface area contributed by atoms with Crippen molar-refractivity contribution in [1.29, 1.82) is 0 Å². The molecule has 0 radical (unpaired) electrons. The van der Waals surface area contributed by atoms with Crippen molar-refractivity contribution >= 4 is 5.97 Å². The number of carboxylic acids is 1. The van der Waals surface area contributed by atoms with Crippen molar-refractivity contribution in [3.63, 3.8) is 0 Å². The van der Waals surface area contributed by atoms with E-state index in [1.807, 2.05) is 0 Å². The van der Waals surface area contributed by atoms with Crippen LogP contribution in [0.25, 0.3) is 0 Å². The summed E-state index contributed by atoms with van der Waals surface area (Å²) in [5, 5.41) is 11.7. The summed E-state index contributed by atoms with van der Waals surface area (Å²) in [5.74, 6) is -0.804. The second-order valence-corrected chi connectivity index (χ2v) is 6.07. The Morgan fingerprint density at radius 3 is 2.63 bits per heavy atom. The maximum Gasteiger partial charge on any atom is 0.317 e. The van der Waals surface area contributed by atoms with E-state index in [9.17, 15) is 4.79 Å². The number of carbonyl (C=O) groups is 1. The summed E-state index contributed by atoms with van der Waals surface area (Å²) < 4.78 is 0. The Hall–Kier alpha value is -1.35. The molecule has 1 aromatic carbocycles. The molecule has 1 aliphatic carbocycles. The van der Waals surface area contributed by atoms with Gasteiger partial charge < -0.3 is 10.4 Å². The number of fused-ring (bicyclic) bond motifs is 1. The first kappa shape index (κ1) is 14.1. The first-order chi connectivity index (χ1) is 8.99. The lowest BCUT2D eigenvalue weighted by molar-refractivity contribution is -0.136. The van der Waals surface area contributed by atoms with Gasteiger partial charge >= 0.3 is 5.97 Å². The lowest BCUT2D eigenvalue weighted by Gasteiger charge is -2.27. The number of hydrogen-bond donors (Lipinski definition) is 2. The minimum Gasteiger partial charge on any atom is -0.480 e. The monoisotopic (exact) mass is 261 g/mol. The average molecular weight is 261 g/mol. The second-order valence-electron chi connectivity index (χ2n) is 6.07. The van der Waals surface area contributed by atoms with Gasteiger partial charge in [-0.1, -0.05) is 32.0 Å². The van der Waals surface area contributed by atoms with Crippen LogP contribution in [0.5, 0.6) is 0 Å². The number of hydrogen-bond acceptors (Lipinski definition) is 2. The number of nitrogens with one attached hydrogen (secondary N) is 1. The highest BCUT2D eigenvalue weighted by atomic mass is 16.4. The molecule has 2 N–H and O–H groups in total. The molecule has 3 heteroatoms. The molecule has 0 saturated carbocycles. The minimum absolute atomic E-state index is 0.0222. The van der Waals surface area contributed by atoms with Crippen LogP contribution in [-0.2, 0) is 23.1 Å². The highest BCUT2D eigenvalue weighted by Gasteiger charge is 2.22. The fourth-order valence-electron chi connectivity index (χ4n) is 2.74. The molecular formula is C16H23NO2. The molecule has 3 nitrogen and oxygen atoms in total. The van der Waals surface area contributed by atoms with Gasteiger partial charge in [0.15, 0.2) is 0 Å². The fraction of sp³-hybridized carbons (Fsp3) is 0.562. The fourth-order valence-corrected chi connectivity index (χ4v) is 2.74. The third-order valence-corrected chi connectivity index (χ3v) is 3.97. The van der Waals surface area contributed by atoms with Crippen LogP contribution in [0, 0.1) is 0 Å². The van der Waals surface area contributed by atoms with Gasteiger partial charge in [-0.3, -0.25) is 4.79 Å². The lowest BCUT2D eigenvalue weighted by Crippen LogP contribution is -2.35. The molecule has 0 atom stereocenters. The molecule has 0 aromatic heterocycles. The molecule has 0 amide bonds. The molecule has 104 valence electrons. The van der Waals surface area contributed by atoms with E-state index < -0.39 is 5.97 Å². The summed E-state index contributed by atoms with van der Waals surface area (Å²) in [6.45, 7) is 5.02.